The van der Waals surface area contributed by atoms with Gasteiger partial charge in [-0.3, -0.25) is 9.59 Å². The molecule has 0 heterocycles. The first-order valence-corrected chi connectivity index (χ1v) is 7.92. The van der Waals surface area contributed by atoms with E-state index in [0.29, 0.717) is 11.6 Å². The van der Waals surface area contributed by atoms with Crippen LogP contribution in [0.1, 0.15) is 12.5 Å². The Kier molecular flexibility index (Phi) is 6.91. The van der Waals surface area contributed by atoms with E-state index in [1.807, 2.05) is 5.32 Å². The highest BCUT2D eigenvalue weighted by Crippen LogP contribution is 2.19. The van der Waals surface area contributed by atoms with E-state index in [2.05, 4.69) is 5.32 Å². The van der Waals surface area contributed by atoms with E-state index < -0.39 is 47.5 Å². The highest BCUT2D eigenvalue weighted by atomic mass is 19.2. The summed E-state index contributed by atoms with van der Waals surface area (Å²) in [5.74, 6) is -7.27. The fourth-order valence-electron chi connectivity index (χ4n) is 2.07. The van der Waals surface area contributed by atoms with Crippen LogP contribution in [0.25, 0.3) is 6.08 Å². The third-order valence-corrected chi connectivity index (χ3v) is 3.28. The maximum Gasteiger partial charge on any atom is 0.355 e. The van der Waals surface area contributed by atoms with Crippen molar-refractivity contribution in [1.29, 1.82) is 0 Å². The van der Waals surface area contributed by atoms with Crippen LogP contribution < -0.4 is 10.6 Å². The Labute approximate surface area is 158 Å². The molecule has 0 aliphatic rings. The Bertz CT molecular complexity index is 930. The molecule has 2 rings (SSSR count). The van der Waals surface area contributed by atoms with Crippen LogP contribution in [0.3, 0.4) is 0 Å². The molecule has 2 aromatic rings. The van der Waals surface area contributed by atoms with E-state index in [4.69, 9.17) is 4.74 Å². The highest BCUT2D eigenvalue weighted by Gasteiger charge is 2.18. The third kappa shape index (κ3) is 5.70. The van der Waals surface area contributed by atoms with Gasteiger partial charge in [-0.05, 0) is 23.8 Å². The molecule has 2 N–H and O–H groups in total. The van der Waals surface area contributed by atoms with Gasteiger partial charge in [0.1, 0.15) is 5.70 Å². The first-order chi connectivity index (χ1) is 13.3. The molecule has 0 unspecified atom stereocenters. The fraction of sp³-hybridized carbons (Fsp3) is 0.105. The molecule has 0 aliphatic heterocycles. The van der Waals surface area contributed by atoms with Crippen LogP contribution >= 0.6 is 0 Å². The number of hydrogen-bond donors (Lipinski definition) is 2. The van der Waals surface area contributed by atoms with Gasteiger partial charge in [0.25, 0.3) is 5.91 Å². The summed E-state index contributed by atoms with van der Waals surface area (Å²) in [7, 11) is 0. The topological polar surface area (TPSA) is 84.5 Å². The number of halogens is 3. The molecule has 2 amide bonds. The van der Waals surface area contributed by atoms with Gasteiger partial charge in [-0.25, -0.2) is 18.0 Å². The Balaban J connectivity index is 2.04. The van der Waals surface area contributed by atoms with Crippen LogP contribution in [0.15, 0.2) is 48.2 Å². The van der Waals surface area contributed by atoms with Crippen LogP contribution in [0.2, 0.25) is 0 Å². The number of anilines is 1. The molecule has 0 saturated carbocycles. The lowest BCUT2D eigenvalue weighted by molar-refractivity contribution is -0.144. The van der Waals surface area contributed by atoms with Crippen LogP contribution in [0.4, 0.5) is 18.9 Å². The maximum absolute atomic E-state index is 13.5. The predicted molar refractivity (Wildman–Crippen MR) is 94.1 cm³/mol. The quantitative estimate of drug-likeness (QED) is 0.450. The number of rotatable bonds is 6. The molecule has 2 aromatic carbocycles. The number of amides is 2. The molecule has 28 heavy (non-hydrogen) atoms. The Morgan fingerprint density at radius 3 is 2.32 bits per heavy atom. The van der Waals surface area contributed by atoms with Gasteiger partial charge in [-0.2, -0.15) is 0 Å². The second-order valence-electron chi connectivity index (χ2n) is 5.50. The summed E-state index contributed by atoms with van der Waals surface area (Å²) in [6, 6.07) is 10.00. The van der Waals surface area contributed by atoms with E-state index in [-0.39, 0.29) is 5.70 Å². The normalized spacial score (nSPS) is 10.9. The minimum atomic E-state index is -1.74. The Morgan fingerprint density at radius 1 is 1.00 bits per heavy atom. The smallest absolute Gasteiger partial charge is 0.355 e. The van der Waals surface area contributed by atoms with E-state index in [9.17, 15) is 27.6 Å². The second-order valence-corrected chi connectivity index (χ2v) is 5.50. The minimum absolute atomic E-state index is 0.217. The minimum Gasteiger partial charge on any atom is -0.451 e. The molecule has 0 atom stereocenters. The summed E-state index contributed by atoms with van der Waals surface area (Å²) >= 11 is 0. The average Bonchev–Trinajstić information content (AvgIpc) is 2.66. The number of benzene rings is 2. The van der Waals surface area contributed by atoms with Crippen LogP contribution in [-0.2, 0) is 19.1 Å². The van der Waals surface area contributed by atoms with Gasteiger partial charge in [0.2, 0.25) is 5.91 Å². The van der Waals surface area contributed by atoms with Gasteiger partial charge >= 0.3 is 5.97 Å². The zero-order valence-corrected chi connectivity index (χ0v) is 14.6. The molecule has 0 saturated heterocycles. The summed E-state index contributed by atoms with van der Waals surface area (Å²) in [4.78, 5) is 35.2. The number of carbonyl (C=O) groups is 3. The molecular formula is C19H15F3N2O4. The van der Waals surface area contributed by atoms with Gasteiger partial charge in [-0.15, -0.1) is 0 Å². The van der Waals surface area contributed by atoms with E-state index >= 15 is 0 Å². The molecule has 0 spiro atoms. The lowest BCUT2D eigenvalue weighted by atomic mass is 10.2. The highest BCUT2D eigenvalue weighted by molar-refractivity contribution is 5.99. The SMILES string of the molecule is CC(=O)N/C(=C/c1ccccc1)C(=O)OCC(=O)Nc1ccc(F)c(F)c1F. The number of hydrogen-bond acceptors (Lipinski definition) is 4. The van der Waals surface area contributed by atoms with Gasteiger partial charge in [-0.1, -0.05) is 30.3 Å². The van der Waals surface area contributed by atoms with Crippen molar-refractivity contribution < 1.29 is 32.3 Å². The van der Waals surface area contributed by atoms with Crippen LogP contribution in [0, 0.1) is 17.5 Å². The van der Waals surface area contributed by atoms with Crippen molar-refractivity contribution in [3.05, 3.63) is 71.2 Å². The molecule has 0 bridgehead atoms. The summed E-state index contributed by atoms with van der Waals surface area (Å²) < 4.78 is 44.4. The summed E-state index contributed by atoms with van der Waals surface area (Å²) in [6.45, 7) is 0.341. The third-order valence-electron chi connectivity index (χ3n) is 3.28. The molecule has 0 fully saturated rings. The van der Waals surface area contributed by atoms with Gasteiger partial charge in [0.05, 0.1) is 5.69 Å². The van der Waals surface area contributed by atoms with Crippen molar-refractivity contribution >= 4 is 29.5 Å². The molecular weight excluding hydrogens is 377 g/mol. The van der Waals surface area contributed by atoms with E-state index in [1.54, 1.807) is 30.3 Å². The number of ether oxygens (including phenoxy) is 1. The largest absolute Gasteiger partial charge is 0.451 e. The number of esters is 1. The zero-order chi connectivity index (χ0) is 20.7. The predicted octanol–water partition coefficient (Wildman–Crippen LogP) is 2.76. The van der Waals surface area contributed by atoms with Gasteiger partial charge < -0.3 is 15.4 Å². The molecule has 0 radical (unpaired) electrons. The average molecular weight is 392 g/mol. The Hall–Kier alpha value is -3.62. The Morgan fingerprint density at radius 2 is 1.68 bits per heavy atom. The number of nitrogens with one attached hydrogen (secondary N) is 2. The van der Waals surface area contributed by atoms with Crippen molar-refractivity contribution in [2.45, 2.75) is 6.92 Å². The first-order valence-electron chi connectivity index (χ1n) is 7.92. The second kappa shape index (κ2) is 9.36. The van der Waals surface area contributed by atoms with Crippen LogP contribution in [0.5, 0.6) is 0 Å². The summed E-state index contributed by atoms with van der Waals surface area (Å²) in [6.07, 6.45) is 1.34. The van der Waals surface area contributed by atoms with Crippen molar-refractivity contribution in [2.75, 3.05) is 11.9 Å². The molecule has 0 aliphatic carbocycles. The zero-order valence-electron chi connectivity index (χ0n) is 14.6. The molecule has 6 nitrogen and oxygen atoms in total. The standard InChI is InChI=1S/C19H15F3N2O4/c1-11(25)23-15(9-12-5-3-2-4-6-12)19(27)28-10-16(26)24-14-8-7-13(20)17(21)18(14)22/h2-9H,10H2,1H3,(H,23,25)(H,24,26)/b15-9+. The van der Waals surface area contributed by atoms with Crippen LogP contribution in [-0.4, -0.2) is 24.4 Å². The van der Waals surface area contributed by atoms with E-state index in [0.717, 1.165) is 6.07 Å². The van der Waals surface area contributed by atoms with Gasteiger partial charge in [0, 0.05) is 6.92 Å². The van der Waals surface area contributed by atoms with Crippen molar-refractivity contribution in [2.24, 2.45) is 0 Å². The fourth-order valence-corrected chi connectivity index (χ4v) is 2.07. The lowest BCUT2D eigenvalue weighted by Crippen LogP contribution is -2.29. The van der Waals surface area contributed by atoms with Crippen molar-refractivity contribution in [3.63, 3.8) is 0 Å². The van der Waals surface area contributed by atoms with E-state index in [1.165, 1.54) is 13.0 Å². The molecule has 146 valence electrons. The first kappa shape index (κ1) is 20.7. The molecule has 9 heteroatoms. The van der Waals surface area contributed by atoms with Gasteiger partial charge in [0.15, 0.2) is 24.1 Å². The summed E-state index contributed by atoms with van der Waals surface area (Å²) in [5.41, 5.74) is -0.233. The monoisotopic (exact) mass is 392 g/mol. The summed E-state index contributed by atoms with van der Waals surface area (Å²) in [5, 5.41) is 4.25. The lowest BCUT2D eigenvalue weighted by Gasteiger charge is -2.10. The van der Waals surface area contributed by atoms with Crippen molar-refractivity contribution in [1.82, 2.24) is 5.32 Å². The number of carbonyl (C=O) groups excluding carboxylic acids is 3. The van der Waals surface area contributed by atoms with Crippen molar-refractivity contribution in [3.8, 4) is 0 Å². The molecule has 0 aromatic heterocycles. The maximum atomic E-state index is 13.5.